The molecule has 0 saturated carbocycles. The third-order valence-electron chi connectivity index (χ3n) is 12.3. The van der Waals surface area contributed by atoms with Crippen LogP contribution < -0.4 is 0 Å². The van der Waals surface area contributed by atoms with Crippen molar-refractivity contribution in [2.75, 3.05) is 0 Å². The summed E-state index contributed by atoms with van der Waals surface area (Å²) in [4.78, 5) is 26.7. The molecular weight excluding hydrogens is 633 g/mol. The second-order valence-corrected chi connectivity index (χ2v) is 27.8. The number of rotatable bonds is 15. The molecule has 0 aromatic carbocycles. The van der Waals surface area contributed by atoms with Gasteiger partial charge in [0.25, 0.3) is 0 Å². The van der Waals surface area contributed by atoms with E-state index in [0.717, 1.165) is 57.8 Å². The Kier molecular flexibility index (Phi) is 14.5. The Morgan fingerprint density at radius 1 is 0.917 bits per heavy atom. The molecule has 6 nitrogen and oxygen atoms in total. The molecule has 2 aliphatic carbocycles. The first-order valence-electron chi connectivity index (χ1n) is 19.3. The van der Waals surface area contributed by atoms with E-state index in [-0.39, 0.29) is 64.2 Å². The van der Waals surface area contributed by atoms with E-state index in [1.165, 1.54) is 5.57 Å². The quantitative estimate of drug-likeness (QED) is 0.125. The SMILES string of the molecule is CCCCC(CCCC)C(=O)OC1CC(O[Si](C)(C)C(C)(C)C)C=C2C=CC(C)C(CCC3CC(O[Si](C)(C)C(C)(C)C)CC(=O)O3)C21. The minimum absolute atomic E-state index is 0.0259. The Labute approximate surface area is 296 Å². The summed E-state index contributed by atoms with van der Waals surface area (Å²) >= 11 is 0. The van der Waals surface area contributed by atoms with Crippen LogP contribution in [0.15, 0.2) is 23.8 Å². The van der Waals surface area contributed by atoms with Gasteiger partial charge in [-0.2, -0.15) is 0 Å². The fraction of sp³-hybridized carbons (Fsp3) is 0.850. The minimum Gasteiger partial charge on any atom is -0.462 e. The Morgan fingerprint density at radius 2 is 1.50 bits per heavy atom. The van der Waals surface area contributed by atoms with Crippen LogP contribution in [0.1, 0.15) is 133 Å². The molecule has 0 aromatic heterocycles. The molecule has 8 heteroatoms. The first kappa shape index (κ1) is 41.2. The number of hydrogen-bond donors (Lipinski definition) is 0. The highest BCUT2D eigenvalue weighted by Crippen LogP contribution is 2.47. The molecule has 1 aliphatic heterocycles. The predicted octanol–water partition coefficient (Wildman–Crippen LogP) is 10.9. The summed E-state index contributed by atoms with van der Waals surface area (Å²) in [5, 5.41) is 0.172. The Hall–Kier alpha value is -1.23. The molecule has 0 aromatic rings. The van der Waals surface area contributed by atoms with Gasteiger partial charge in [0, 0.05) is 18.8 Å². The van der Waals surface area contributed by atoms with Gasteiger partial charge in [0.2, 0.25) is 0 Å². The summed E-state index contributed by atoms with van der Waals surface area (Å²) in [5.41, 5.74) is 1.24. The van der Waals surface area contributed by atoms with Crippen molar-refractivity contribution >= 4 is 28.6 Å². The van der Waals surface area contributed by atoms with Crippen molar-refractivity contribution < 1.29 is 27.9 Å². The predicted molar refractivity (Wildman–Crippen MR) is 203 cm³/mol. The highest BCUT2D eigenvalue weighted by atomic mass is 28.4. The van der Waals surface area contributed by atoms with Gasteiger partial charge >= 0.3 is 11.9 Å². The zero-order chi connectivity index (χ0) is 36.1. The Balaban J connectivity index is 1.86. The van der Waals surface area contributed by atoms with E-state index in [2.05, 4.69) is 107 Å². The van der Waals surface area contributed by atoms with Crippen molar-refractivity contribution in [2.24, 2.45) is 23.7 Å². The van der Waals surface area contributed by atoms with Gasteiger partial charge in [0.05, 0.1) is 24.5 Å². The Morgan fingerprint density at radius 3 is 2.06 bits per heavy atom. The molecule has 1 heterocycles. The fourth-order valence-electron chi connectivity index (χ4n) is 7.22. The second kappa shape index (κ2) is 16.9. The average molecular weight is 705 g/mol. The van der Waals surface area contributed by atoms with Gasteiger partial charge in [-0.15, -0.1) is 0 Å². The van der Waals surface area contributed by atoms with Crippen LogP contribution >= 0.6 is 0 Å². The van der Waals surface area contributed by atoms with Crippen LogP contribution in [0.25, 0.3) is 0 Å². The number of esters is 2. The summed E-state index contributed by atoms with van der Waals surface area (Å²) in [6.45, 7) is 29.4. The molecule has 1 saturated heterocycles. The molecule has 0 radical (unpaired) electrons. The lowest BCUT2D eigenvalue weighted by molar-refractivity contribution is -0.162. The Bertz CT molecular complexity index is 1120. The molecule has 3 rings (SSSR count). The summed E-state index contributed by atoms with van der Waals surface area (Å²) < 4.78 is 26.3. The summed E-state index contributed by atoms with van der Waals surface area (Å²) in [5.74, 6) is 0.478. The summed E-state index contributed by atoms with van der Waals surface area (Å²) in [7, 11) is -4.06. The van der Waals surface area contributed by atoms with Crippen molar-refractivity contribution in [3.8, 4) is 0 Å². The molecule has 3 aliphatic rings. The van der Waals surface area contributed by atoms with Crippen LogP contribution in [0, 0.1) is 23.7 Å². The van der Waals surface area contributed by atoms with Crippen molar-refractivity contribution in [1.29, 1.82) is 0 Å². The van der Waals surface area contributed by atoms with Crippen LogP contribution in [0.5, 0.6) is 0 Å². The third kappa shape index (κ3) is 10.9. The molecule has 7 atom stereocenters. The molecule has 48 heavy (non-hydrogen) atoms. The molecule has 7 unspecified atom stereocenters. The number of unbranched alkanes of at least 4 members (excludes halogenated alkanes) is 2. The maximum Gasteiger partial charge on any atom is 0.309 e. The molecule has 0 N–H and O–H groups in total. The fourth-order valence-corrected chi connectivity index (χ4v) is 9.86. The minimum atomic E-state index is -2.05. The highest BCUT2D eigenvalue weighted by Gasteiger charge is 2.47. The largest absolute Gasteiger partial charge is 0.462 e. The van der Waals surface area contributed by atoms with Crippen LogP contribution in [0.3, 0.4) is 0 Å². The first-order chi connectivity index (χ1) is 22.2. The molecule has 0 spiro atoms. The lowest BCUT2D eigenvalue weighted by atomic mass is 9.66. The smallest absolute Gasteiger partial charge is 0.309 e. The lowest BCUT2D eigenvalue weighted by Crippen LogP contribution is -2.48. The van der Waals surface area contributed by atoms with E-state index in [9.17, 15) is 9.59 Å². The van der Waals surface area contributed by atoms with Crippen molar-refractivity contribution in [3.05, 3.63) is 23.8 Å². The second-order valence-electron chi connectivity index (χ2n) is 18.3. The molecule has 0 bridgehead atoms. The standard InChI is InChI=1S/C40H72O6Si2/c1-14-16-18-29(19-17-15-2)38(42)44-35-26-32(45-47(10,11)39(4,5)6)24-30-21-20-28(3)34(37(30)35)23-22-31-25-33(27-36(41)43-31)46-48(12,13)40(7,8)9/h20-21,24,28-29,31-35,37H,14-19,22-23,25-27H2,1-13H3. The first-order valence-corrected chi connectivity index (χ1v) is 25.2. The van der Waals surface area contributed by atoms with E-state index in [4.69, 9.17) is 18.3 Å². The van der Waals surface area contributed by atoms with Crippen LogP contribution in [0.2, 0.25) is 36.3 Å². The number of carbonyl (C=O) groups excluding carboxylic acids is 2. The van der Waals surface area contributed by atoms with Gasteiger partial charge in [-0.3, -0.25) is 9.59 Å². The van der Waals surface area contributed by atoms with E-state index < -0.39 is 16.6 Å². The topological polar surface area (TPSA) is 71.1 Å². The molecule has 1 fully saturated rings. The van der Waals surface area contributed by atoms with Gasteiger partial charge in [-0.1, -0.05) is 106 Å². The zero-order valence-corrected chi connectivity index (χ0v) is 35.1. The summed E-state index contributed by atoms with van der Waals surface area (Å²) in [6, 6.07) is 0. The molecule has 0 amide bonds. The van der Waals surface area contributed by atoms with Gasteiger partial charge in [0.1, 0.15) is 12.2 Å². The average Bonchev–Trinajstić information content (AvgIpc) is 2.95. The maximum absolute atomic E-state index is 13.9. The number of allylic oxidation sites excluding steroid dienone is 2. The normalized spacial score (nSPS) is 28.6. The monoisotopic (exact) mass is 704 g/mol. The highest BCUT2D eigenvalue weighted by molar-refractivity contribution is 6.74. The van der Waals surface area contributed by atoms with Crippen molar-refractivity contribution in [3.63, 3.8) is 0 Å². The lowest BCUT2D eigenvalue weighted by Gasteiger charge is -2.46. The summed E-state index contributed by atoms with van der Waals surface area (Å²) in [6.07, 6.45) is 15.9. The van der Waals surface area contributed by atoms with Gasteiger partial charge in [0.15, 0.2) is 16.6 Å². The van der Waals surface area contributed by atoms with Crippen LogP contribution in [-0.4, -0.2) is 53.0 Å². The van der Waals surface area contributed by atoms with E-state index >= 15 is 0 Å². The van der Waals surface area contributed by atoms with Gasteiger partial charge in [-0.05, 0) is 79.4 Å². The van der Waals surface area contributed by atoms with Crippen molar-refractivity contribution in [1.82, 2.24) is 0 Å². The molecular formula is C40H72O6Si2. The van der Waals surface area contributed by atoms with Crippen LogP contribution in [-0.2, 0) is 27.9 Å². The maximum atomic E-state index is 13.9. The zero-order valence-electron chi connectivity index (χ0n) is 33.1. The third-order valence-corrected chi connectivity index (χ3v) is 21.4. The number of hydrogen-bond acceptors (Lipinski definition) is 6. The number of carbonyl (C=O) groups is 2. The number of cyclic esters (lactones) is 1. The number of fused-ring (bicyclic) bond motifs is 1. The van der Waals surface area contributed by atoms with Crippen molar-refractivity contribution in [2.45, 2.75) is 194 Å². The van der Waals surface area contributed by atoms with Gasteiger partial charge in [-0.25, -0.2) is 0 Å². The van der Waals surface area contributed by atoms with E-state index in [1.54, 1.807) is 0 Å². The van der Waals surface area contributed by atoms with E-state index in [1.807, 2.05) is 0 Å². The molecule has 276 valence electrons. The van der Waals surface area contributed by atoms with E-state index in [0.29, 0.717) is 18.8 Å². The van der Waals surface area contributed by atoms with Crippen LogP contribution in [0.4, 0.5) is 0 Å². The van der Waals surface area contributed by atoms with Gasteiger partial charge < -0.3 is 18.3 Å². The number of ether oxygens (including phenoxy) is 2.